The Balaban J connectivity index is 1.93. The smallest absolute Gasteiger partial charge is 0.410 e. The third kappa shape index (κ3) is 2.08. The van der Waals surface area contributed by atoms with Gasteiger partial charge in [-0.3, -0.25) is 4.90 Å². The Hall–Kier alpha value is -0.810. The Morgan fingerprint density at radius 3 is 2.93 bits per heavy atom. The molecule has 2 saturated heterocycles. The molecule has 86 valence electrons. The van der Waals surface area contributed by atoms with E-state index in [-0.39, 0.29) is 24.3 Å². The van der Waals surface area contributed by atoms with Crippen molar-refractivity contribution in [3.05, 3.63) is 0 Å². The number of nitrogens with two attached hydrogens (primary N) is 1. The second kappa shape index (κ2) is 4.37. The summed E-state index contributed by atoms with van der Waals surface area (Å²) in [5.41, 5.74) is 5.52. The summed E-state index contributed by atoms with van der Waals surface area (Å²) in [5, 5.41) is 0. The van der Waals surface area contributed by atoms with Gasteiger partial charge in [-0.1, -0.05) is 0 Å². The summed E-state index contributed by atoms with van der Waals surface area (Å²) >= 11 is 0. The lowest BCUT2D eigenvalue weighted by atomic mass is 10.1. The standard InChI is InChI=1S/C10H18N2O3/c1-7-9(5-11)15-10(13)12(7)6-8-3-2-4-14-8/h7-9H,2-6,11H2,1H3. The van der Waals surface area contributed by atoms with E-state index in [9.17, 15) is 4.79 Å². The zero-order valence-electron chi connectivity index (χ0n) is 9.02. The van der Waals surface area contributed by atoms with E-state index in [0.717, 1.165) is 19.4 Å². The van der Waals surface area contributed by atoms with E-state index < -0.39 is 0 Å². The summed E-state index contributed by atoms with van der Waals surface area (Å²) in [6.45, 7) is 3.80. The van der Waals surface area contributed by atoms with E-state index in [1.54, 1.807) is 4.90 Å². The molecule has 2 aliphatic heterocycles. The molecule has 0 bridgehead atoms. The van der Waals surface area contributed by atoms with Crippen LogP contribution in [0.5, 0.6) is 0 Å². The molecule has 5 nitrogen and oxygen atoms in total. The van der Waals surface area contributed by atoms with Crippen LogP contribution in [0.3, 0.4) is 0 Å². The van der Waals surface area contributed by atoms with Crippen molar-refractivity contribution in [2.75, 3.05) is 19.7 Å². The first-order valence-electron chi connectivity index (χ1n) is 5.51. The van der Waals surface area contributed by atoms with Gasteiger partial charge in [0, 0.05) is 13.2 Å². The Bertz CT molecular complexity index is 241. The highest BCUT2D eigenvalue weighted by Crippen LogP contribution is 2.22. The molecule has 1 amide bonds. The van der Waals surface area contributed by atoms with Crippen molar-refractivity contribution in [1.82, 2.24) is 4.90 Å². The maximum atomic E-state index is 11.5. The van der Waals surface area contributed by atoms with E-state index >= 15 is 0 Å². The van der Waals surface area contributed by atoms with Crippen molar-refractivity contribution in [3.8, 4) is 0 Å². The van der Waals surface area contributed by atoms with Crippen molar-refractivity contribution in [1.29, 1.82) is 0 Å². The number of rotatable bonds is 3. The number of hydrogen-bond acceptors (Lipinski definition) is 4. The number of carbonyl (C=O) groups is 1. The predicted molar refractivity (Wildman–Crippen MR) is 54.5 cm³/mol. The van der Waals surface area contributed by atoms with Crippen LogP contribution in [0.1, 0.15) is 19.8 Å². The summed E-state index contributed by atoms with van der Waals surface area (Å²) in [4.78, 5) is 13.3. The molecule has 0 saturated carbocycles. The van der Waals surface area contributed by atoms with Crippen molar-refractivity contribution in [2.45, 2.75) is 38.0 Å². The molecule has 2 N–H and O–H groups in total. The summed E-state index contributed by atoms with van der Waals surface area (Å²) in [5.74, 6) is 0. The van der Waals surface area contributed by atoms with E-state index in [1.165, 1.54) is 0 Å². The van der Waals surface area contributed by atoms with Crippen LogP contribution in [0.25, 0.3) is 0 Å². The molecule has 0 aromatic carbocycles. The molecule has 2 aliphatic rings. The SMILES string of the molecule is CC1C(CN)OC(=O)N1CC1CCCO1. The van der Waals surface area contributed by atoms with Crippen molar-refractivity contribution < 1.29 is 14.3 Å². The van der Waals surface area contributed by atoms with Crippen LogP contribution in [0, 0.1) is 0 Å². The normalized spacial score (nSPS) is 36.0. The first-order valence-corrected chi connectivity index (χ1v) is 5.51. The molecule has 0 aromatic heterocycles. The lowest BCUT2D eigenvalue weighted by molar-refractivity contribution is 0.0772. The highest BCUT2D eigenvalue weighted by Gasteiger charge is 2.39. The predicted octanol–water partition coefficient (Wildman–Crippen LogP) is 0.333. The third-order valence-corrected chi connectivity index (χ3v) is 3.17. The lowest BCUT2D eigenvalue weighted by Gasteiger charge is -2.22. The molecule has 2 heterocycles. The fourth-order valence-corrected chi connectivity index (χ4v) is 2.16. The summed E-state index contributed by atoms with van der Waals surface area (Å²) in [6.07, 6.45) is 1.87. The molecule has 15 heavy (non-hydrogen) atoms. The molecule has 0 spiro atoms. The fraction of sp³-hybridized carbons (Fsp3) is 0.900. The lowest BCUT2D eigenvalue weighted by Crippen LogP contribution is -2.41. The van der Waals surface area contributed by atoms with Crippen LogP contribution in [-0.4, -0.2) is 48.9 Å². The minimum atomic E-state index is -0.256. The second-order valence-corrected chi connectivity index (χ2v) is 4.19. The molecule has 3 unspecified atom stereocenters. The Labute approximate surface area is 89.5 Å². The van der Waals surface area contributed by atoms with Gasteiger partial charge in [-0.25, -0.2) is 4.79 Å². The van der Waals surface area contributed by atoms with Gasteiger partial charge in [0.25, 0.3) is 0 Å². The molecular formula is C10H18N2O3. The maximum Gasteiger partial charge on any atom is 0.410 e. The summed E-state index contributed by atoms with van der Waals surface area (Å²) < 4.78 is 10.7. The van der Waals surface area contributed by atoms with Gasteiger partial charge in [-0.15, -0.1) is 0 Å². The van der Waals surface area contributed by atoms with Gasteiger partial charge in [0.15, 0.2) is 0 Å². The third-order valence-electron chi connectivity index (χ3n) is 3.17. The maximum absolute atomic E-state index is 11.5. The molecule has 0 aliphatic carbocycles. The molecule has 2 fully saturated rings. The largest absolute Gasteiger partial charge is 0.443 e. The second-order valence-electron chi connectivity index (χ2n) is 4.19. The van der Waals surface area contributed by atoms with Gasteiger partial charge in [0.1, 0.15) is 6.10 Å². The van der Waals surface area contributed by atoms with Gasteiger partial charge in [0.05, 0.1) is 18.7 Å². The molecule has 3 atom stereocenters. The minimum absolute atomic E-state index is 0.0618. The molecule has 5 heteroatoms. The van der Waals surface area contributed by atoms with E-state index in [0.29, 0.717) is 13.1 Å². The van der Waals surface area contributed by atoms with Crippen LogP contribution in [0.4, 0.5) is 4.79 Å². The highest BCUT2D eigenvalue weighted by atomic mass is 16.6. The number of carbonyl (C=O) groups excluding carboxylic acids is 1. The zero-order chi connectivity index (χ0) is 10.8. The number of hydrogen-bond donors (Lipinski definition) is 1. The number of cyclic esters (lactones) is 1. The number of amides is 1. The van der Waals surface area contributed by atoms with Gasteiger partial charge >= 0.3 is 6.09 Å². The summed E-state index contributed by atoms with van der Waals surface area (Å²) in [6, 6.07) is 0.0618. The van der Waals surface area contributed by atoms with Gasteiger partial charge in [0.2, 0.25) is 0 Å². The minimum Gasteiger partial charge on any atom is -0.443 e. The quantitative estimate of drug-likeness (QED) is 0.735. The Morgan fingerprint density at radius 2 is 2.40 bits per heavy atom. The van der Waals surface area contributed by atoms with Crippen LogP contribution in [0.15, 0.2) is 0 Å². The van der Waals surface area contributed by atoms with Crippen LogP contribution in [-0.2, 0) is 9.47 Å². The van der Waals surface area contributed by atoms with Gasteiger partial charge in [-0.2, -0.15) is 0 Å². The Morgan fingerprint density at radius 1 is 1.60 bits per heavy atom. The monoisotopic (exact) mass is 214 g/mol. The number of ether oxygens (including phenoxy) is 2. The molecular weight excluding hydrogens is 196 g/mol. The molecule has 0 aromatic rings. The van der Waals surface area contributed by atoms with Crippen molar-refractivity contribution >= 4 is 6.09 Å². The van der Waals surface area contributed by atoms with Crippen LogP contribution in [0.2, 0.25) is 0 Å². The molecule has 2 rings (SSSR count). The van der Waals surface area contributed by atoms with E-state index in [4.69, 9.17) is 15.2 Å². The zero-order valence-corrected chi connectivity index (χ0v) is 9.02. The average molecular weight is 214 g/mol. The topological polar surface area (TPSA) is 64.8 Å². The summed E-state index contributed by atoms with van der Waals surface area (Å²) in [7, 11) is 0. The van der Waals surface area contributed by atoms with Gasteiger partial charge in [-0.05, 0) is 19.8 Å². The van der Waals surface area contributed by atoms with Crippen molar-refractivity contribution in [3.63, 3.8) is 0 Å². The van der Waals surface area contributed by atoms with Gasteiger partial charge < -0.3 is 15.2 Å². The van der Waals surface area contributed by atoms with Crippen molar-refractivity contribution in [2.24, 2.45) is 5.73 Å². The first kappa shape index (κ1) is 10.7. The Kier molecular flexibility index (Phi) is 3.11. The number of nitrogens with zero attached hydrogens (tertiary/aromatic N) is 1. The highest BCUT2D eigenvalue weighted by molar-refractivity contribution is 5.70. The average Bonchev–Trinajstić information content (AvgIpc) is 2.81. The van der Waals surface area contributed by atoms with E-state index in [1.807, 2.05) is 6.92 Å². The van der Waals surface area contributed by atoms with E-state index in [2.05, 4.69) is 0 Å². The van der Waals surface area contributed by atoms with Crippen LogP contribution < -0.4 is 5.73 Å². The first-order chi connectivity index (χ1) is 7.22. The fourth-order valence-electron chi connectivity index (χ4n) is 2.16. The van der Waals surface area contributed by atoms with Crippen LogP contribution >= 0.6 is 0 Å². The molecule has 0 radical (unpaired) electrons.